The largest absolute Gasteiger partial charge is 0.394 e. The van der Waals surface area contributed by atoms with Crippen LogP contribution in [0.1, 0.15) is 37.3 Å². The number of aromatic nitrogens is 1. The summed E-state index contributed by atoms with van der Waals surface area (Å²) in [5.41, 5.74) is 1.67. The highest BCUT2D eigenvalue weighted by atomic mass is 19.2. The first-order chi connectivity index (χ1) is 7.63. The van der Waals surface area contributed by atoms with E-state index in [0.29, 0.717) is 21.8 Å². The maximum atomic E-state index is 13.9. The molecule has 3 nitrogen and oxygen atoms in total. The lowest BCUT2D eigenvalue weighted by Gasteiger charge is -2.12. The molecule has 1 saturated heterocycles. The molecule has 0 radical (unpaired) electrons. The van der Waals surface area contributed by atoms with Gasteiger partial charge in [0.05, 0.1) is 24.1 Å². The normalized spacial score (nSPS) is 24.9. The maximum absolute atomic E-state index is 13.9. The fraction of sp³-hybridized carbons (Fsp3) is 0.500. The van der Waals surface area contributed by atoms with Crippen LogP contribution in [-0.4, -0.2) is 22.6 Å². The number of rotatable bonds is 3. The highest BCUT2D eigenvalue weighted by Gasteiger charge is 2.29. The minimum absolute atomic E-state index is 0.00314. The molecule has 2 heterocycles. The van der Waals surface area contributed by atoms with Gasteiger partial charge in [-0.05, 0) is 37.5 Å². The van der Waals surface area contributed by atoms with Gasteiger partial charge in [0.15, 0.2) is 0 Å². The zero-order chi connectivity index (χ0) is 11.7. The van der Waals surface area contributed by atoms with E-state index in [2.05, 4.69) is 6.58 Å². The van der Waals surface area contributed by atoms with E-state index in [1.807, 2.05) is 0 Å². The smallest absolute Gasteiger partial charge is 0.101 e. The van der Waals surface area contributed by atoms with Crippen LogP contribution in [0.25, 0.3) is 5.57 Å². The number of hydrogen-bond acceptors (Lipinski definition) is 2. The summed E-state index contributed by atoms with van der Waals surface area (Å²) in [6.45, 7) is 5.48. The SMILES string of the molecule is C=C(C)c1ccc(C2CCC(CO)O2)n1F. The van der Waals surface area contributed by atoms with Gasteiger partial charge in [-0.3, -0.25) is 0 Å². The molecule has 2 rings (SSSR count). The number of halogens is 1. The molecule has 4 heteroatoms. The van der Waals surface area contributed by atoms with Crippen molar-refractivity contribution in [2.45, 2.75) is 32.0 Å². The number of aliphatic hydroxyl groups is 1. The third kappa shape index (κ3) is 1.90. The van der Waals surface area contributed by atoms with E-state index >= 15 is 0 Å². The van der Waals surface area contributed by atoms with Gasteiger partial charge < -0.3 is 9.84 Å². The number of hydrogen-bond donors (Lipinski definition) is 1. The monoisotopic (exact) mass is 225 g/mol. The first-order valence-corrected chi connectivity index (χ1v) is 5.43. The van der Waals surface area contributed by atoms with Gasteiger partial charge in [-0.15, -0.1) is 0 Å². The molecule has 1 N–H and O–H groups in total. The Labute approximate surface area is 94.1 Å². The molecule has 0 amide bonds. The molecule has 1 aromatic rings. The van der Waals surface area contributed by atoms with Crippen molar-refractivity contribution in [3.63, 3.8) is 0 Å². The summed E-state index contributed by atoms with van der Waals surface area (Å²) in [6.07, 6.45) is 1.10. The molecular formula is C12H16FNO2. The third-order valence-electron chi connectivity index (χ3n) is 2.93. The molecule has 0 saturated carbocycles. The van der Waals surface area contributed by atoms with E-state index in [-0.39, 0.29) is 18.8 Å². The highest BCUT2D eigenvalue weighted by Crippen LogP contribution is 2.34. The summed E-state index contributed by atoms with van der Waals surface area (Å²) < 4.78 is 19.4. The van der Waals surface area contributed by atoms with Gasteiger partial charge in [-0.25, -0.2) is 0 Å². The summed E-state index contributed by atoms with van der Waals surface area (Å²) in [4.78, 5) is 0.632. The Morgan fingerprint density at radius 3 is 2.88 bits per heavy atom. The quantitative estimate of drug-likeness (QED) is 0.857. The van der Waals surface area contributed by atoms with Gasteiger partial charge in [0.1, 0.15) is 6.10 Å². The highest BCUT2D eigenvalue weighted by molar-refractivity contribution is 5.58. The van der Waals surface area contributed by atoms with E-state index in [1.165, 1.54) is 0 Å². The Hall–Kier alpha value is -1.13. The van der Waals surface area contributed by atoms with E-state index in [0.717, 1.165) is 12.8 Å². The van der Waals surface area contributed by atoms with Gasteiger partial charge in [0.2, 0.25) is 0 Å². The molecule has 2 unspecified atom stereocenters. The topological polar surface area (TPSA) is 34.4 Å². The van der Waals surface area contributed by atoms with Gasteiger partial charge >= 0.3 is 0 Å². The van der Waals surface area contributed by atoms with Gasteiger partial charge in [0.25, 0.3) is 0 Å². The van der Waals surface area contributed by atoms with Crippen molar-refractivity contribution in [3.8, 4) is 0 Å². The molecule has 1 aliphatic heterocycles. The number of nitrogens with zero attached hydrogens (tertiary/aromatic N) is 1. The summed E-state index contributed by atoms with van der Waals surface area (Å²) >= 11 is 0. The lowest BCUT2D eigenvalue weighted by molar-refractivity contribution is 0.00499. The number of aliphatic hydroxyl groups excluding tert-OH is 1. The van der Waals surface area contributed by atoms with Crippen LogP contribution >= 0.6 is 0 Å². The van der Waals surface area contributed by atoms with Crippen LogP contribution in [-0.2, 0) is 4.74 Å². The van der Waals surface area contributed by atoms with Crippen molar-refractivity contribution in [2.75, 3.05) is 6.61 Å². The predicted octanol–water partition coefficient (Wildman–Crippen LogP) is 2.47. The Morgan fingerprint density at radius 1 is 1.62 bits per heavy atom. The molecule has 0 spiro atoms. The van der Waals surface area contributed by atoms with Crippen LogP contribution in [0, 0.1) is 0 Å². The molecule has 88 valence electrons. The second-order valence-corrected chi connectivity index (χ2v) is 4.21. The second kappa shape index (κ2) is 4.39. The first-order valence-electron chi connectivity index (χ1n) is 5.43. The zero-order valence-corrected chi connectivity index (χ0v) is 9.32. The lowest BCUT2D eigenvalue weighted by atomic mass is 10.1. The molecule has 16 heavy (non-hydrogen) atoms. The molecule has 0 bridgehead atoms. The minimum Gasteiger partial charge on any atom is -0.394 e. The molecule has 1 fully saturated rings. The fourth-order valence-corrected chi connectivity index (χ4v) is 2.04. The van der Waals surface area contributed by atoms with Crippen molar-refractivity contribution >= 4 is 5.57 Å². The van der Waals surface area contributed by atoms with Crippen molar-refractivity contribution in [2.24, 2.45) is 0 Å². The summed E-state index contributed by atoms with van der Waals surface area (Å²) in [6, 6.07) is 3.42. The van der Waals surface area contributed by atoms with E-state index in [9.17, 15) is 4.48 Å². The van der Waals surface area contributed by atoms with Crippen LogP contribution in [0.5, 0.6) is 0 Å². The second-order valence-electron chi connectivity index (χ2n) is 4.21. The minimum atomic E-state index is -0.254. The van der Waals surface area contributed by atoms with Gasteiger partial charge in [-0.2, -0.15) is 4.79 Å². The van der Waals surface area contributed by atoms with Crippen molar-refractivity contribution in [3.05, 3.63) is 30.1 Å². The average molecular weight is 225 g/mol. The lowest BCUT2D eigenvalue weighted by Crippen LogP contribution is -2.12. The summed E-state index contributed by atoms with van der Waals surface area (Å²) in [5, 5.41) is 8.95. The van der Waals surface area contributed by atoms with Crippen molar-refractivity contribution < 1.29 is 14.3 Å². The third-order valence-corrected chi connectivity index (χ3v) is 2.93. The number of allylic oxidation sites excluding steroid dienone is 1. The zero-order valence-electron chi connectivity index (χ0n) is 9.32. The molecule has 1 aliphatic rings. The van der Waals surface area contributed by atoms with Gasteiger partial charge in [0, 0.05) is 0 Å². The molecule has 1 aromatic heterocycles. The maximum Gasteiger partial charge on any atom is 0.101 e. The molecule has 0 aliphatic carbocycles. The Balaban J connectivity index is 2.19. The predicted molar refractivity (Wildman–Crippen MR) is 59.6 cm³/mol. The van der Waals surface area contributed by atoms with Crippen LogP contribution in [0.2, 0.25) is 0 Å². The van der Waals surface area contributed by atoms with Crippen molar-refractivity contribution in [1.82, 2.24) is 4.79 Å². The van der Waals surface area contributed by atoms with Crippen LogP contribution in [0.15, 0.2) is 18.7 Å². The molecular weight excluding hydrogens is 209 g/mol. The summed E-state index contributed by atoms with van der Waals surface area (Å²) in [7, 11) is 0. The fourth-order valence-electron chi connectivity index (χ4n) is 2.04. The summed E-state index contributed by atoms with van der Waals surface area (Å²) in [5.74, 6) is 0. The Kier molecular flexibility index (Phi) is 3.12. The Morgan fingerprint density at radius 2 is 2.38 bits per heavy atom. The van der Waals surface area contributed by atoms with Crippen LogP contribution in [0.3, 0.4) is 0 Å². The van der Waals surface area contributed by atoms with E-state index in [1.54, 1.807) is 19.1 Å². The van der Waals surface area contributed by atoms with E-state index in [4.69, 9.17) is 9.84 Å². The van der Waals surface area contributed by atoms with Crippen molar-refractivity contribution in [1.29, 1.82) is 0 Å². The standard InChI is InChI=1S/C12H16FNO2/c1-8(2)10-4-5-11(14(10)13)12-6-3-9(7-15)16-12/h4-5,9,12,15H,1,3,6-7H2,2H3. The molecule has 0 aromatic carbocycles. The van der Waals surface area contributed by atoms with Crippen LogP contribution in [0.4, 0.5) is 4.48 Å². The first kappa shape index (κ1) is 11.4. The van der Waals surface area contributed by atoms with Crippen LogP contribution < -0.4 is 0 Å². The molecule has 2 atom stereocenters. The van der Waals surface area contributed by atoms with Gasteiger partial charge in [-0.1, -0.05) is 11.1 Å². The average Bonchev–Trinajstić information content (AvgIpc) is 2.83. The number of ether oxygens (including phenoxy) is 1. The Bertz CT molecular complexity index is 400. The van der Waals surface area contributed by atoms with E-state index < -0.39 is 0 Å².